The Balaban J connectivity index is 1.21. The van der Waals surface area contributed by atoms with Gasteiger partial charge in [-0.1, -0.05) is 50.7 Å². The van der Waals surface area contributed by atoms with Crippen LogP contribution >= 0.6 is 0 Å². The second kappa shape index (κ2) is 40.7. The summed E-state index contributed by atoms with van der Waals surface area (Å²) in [5, 5.41) is 75.4. The maximum atomic E-state index is 13.0. The number of carboxylic acids is 7. The highest BCUT2D eigenvalue weighted by molar-refractivity contribution is 5.85. The summed E-state index contributed by atoms with van der Waals surface area (Å²) in [4.78, 5) is 139. The van der Waals surface area contributed by atoms with Gasteiger partial charge in [-0.05, 0) is 75.7 Å². The van der Waals surface area contributed by atoms with Crippen LogP contribution in [-0.4, -0.2) is 246 Å². The lowest BCUT2D eigenvalue weighted by Gasteiger charge is -2.35. The number of rotatable bonds is 48. The van der Waals surface area contributed by atoms with E-state index in [-0.39, 0.29) is 103 Å². The molecule has 0 bridgehead atoms. The first-order valence-electron chi connectivity index (χ1n) is 31.4. The van der Waals surface area contributed by atoms with Crippen LogP contribution in [0.1, 0.15) is 107 Å². The Morgan fingerprint density at radius 3 is 1.71 bits per heavy atom. The topological polar surface area (TPSA) is 498 Å². The number of piperazine rings is 1. The zero-order chi connectivity index (χ0) is 68.4. The number of hydrogen-bond donors (Lipinski definition) is 14. The van der Waals surface area contributed by atoms with E-state index in [4.69, 9.17) is 26.5 Å². The summed E-state index contributed by atoms with van der Waals surface area (Å²) < 4.78 is 3.00. The van der Waals surface area contributed by atoms with Crippen molar-refractivity contribution in [1.82, 2.24) is 69.8 Å². The second-order valence-electron chi connectivity index (χ2n) is 22.9. The summed E-state index contributed by atoms with van der Waals surface area (Å²) >= 11 is 0. The van der Waals surface area contributed by atoms with Crippen molar-refractivity contribution in [3.63, 3.8) is 0 Å². The molecule has 1 fully saturated rings. The maximum Gasteiger partial charge on any atom is 0.334 e. The van der Waals surface area contributed by atoms with E-state index in [9.17, 15) is 73.8 Å². The summed E-state index contributed by atoms with van der Waals surface area (Å²) in [6, 6.07) is 3.28. The first kappa shape index (κ1) is 75.6. The number of unbranched alkanes of at least 4 members (excludes halogenated alkanes) is 8. The fourth-order valence-electron chi connectivity index (χ4n) is 10.7. The van der Waals surface area contributed by atoms with Gasteiger partial charge >= 0.3 is 47.8 Å². The predicted octanol–water partition coefficient (Wildman–Crippen LogP) is 0.798. The van der Waals surface area contributed by atoms with Crippen LogP contribution < -0.4 is 43.2 Å². The quantitative estimate of drug-likeness (QED) is 0.0215. The van der Waals surface area contributed by atoms with Gasteiger partial charge in [-0.3, -0.25) is 53.8 Å². The molecule has 3 amide bonds. The van der Waals surface area contributed by atoms with E-state index < -0.39 is 78.3 Å². The fourth-order valence-corrected chi connectivity index (χ4v) is 10.7. The summed E-state index contributed by atoms with van der Waals surface area (Å²) in [5.74, 6) is -7.06. The molecule has 16 N–H and O–H groups in total. The Bertz CT molecular complexity index is 3000. The average molecular weight is 1320 g/mol. The van der Waals surface area contributed by atoms with Crippen LogP contribution in [0.4, 0.5) is 28.3 Å². The Morgan fingerprint density at radius 1 is 0.564 bits per heavy atom. The molecule has 0 aliphatic carbocycles. The molecule has 35 nitrogen and oxygen atoms in total. The maximum absolute atomic E-state index is 13.0. The highest BCUT2D eigenvalue weighted by atomic mass is 16.4. The van der Waals surface area contributed by atoms with Gasteiger partial charge in [-0.15, -0.1) is 0 Å². The predicted molar refractivity (Wildman–Crippen MR) is 339 cm³/mol. The number of carboxylic acid groups (broad SMARTS) is 7. The fraction of sp³-hybridized carbons (Fsp3) is 0.593. The third-order valence-electron chi connectivity index (χ3n) is 15.5. The Morgan fingerprint density at radius 2 is 1.15 bits per heavy atom. The minimum atomic E-state index is -1.43. The molecule has 1 unspecified atom stereocenters. The largest absolute Gasteiger partial charge is 0.481 e. The van der Waals surface area contributed by atoms with Crippen LogP contribution in [0, 0.1) is 0 Å². The number of nitrogens with one attached hydrogen (secondary N) is 5. The van der Waals surface area contributed by atoms with Crippen LogP contribution in [0.5, 0.6) is 0 Å². The Labute approximate surface area is 543 Å². The number of carbonyl (C=O) groups excluding carboxylic acids is 2. The van der Waals surface area contributed by atoms with Gasteiger partial charge in [0.05, 0.1) is 26.2 Å². The third kappa shape index (κ3) is 28.8. The number of benzene rings is 1. The minimum absolute atomic E-state index is 0.00683. The SMILES string of the molecule is NCCN(CC(=O)O)CC(Cc1ccc(Nc2nc(N[C@@H](CCCCN(Cc3nccn3CC(=O)O)Cc3nccn3CC(=O)O)C(=O)O)nc(N3CCN(CCCCCCCCCCC(=O)NNC(=O)N[C@@H](CCC(=O)O)C(=O)O)CC3)n2)cc1)N(CCN)CC(=O)O. The Hall–Kier alpha value is -9.16. The van der Waals surface area contributed by atoms with Gasteiger partial charge in [-0.25, -0.2) is 29.8 Å². The molecule has 1 saturated heterocycles. The number of nitrogens with zero attached hydrogens (tertiary/aromatic N) is 12. The summed E-state index contributed by atoms with van der Waals surface area (Å²) in [7, 11) is 0. The molecule has 5 rings (SSSR count). The van der Waals surface area contributed by atoms with Gasteiger partial charge in [0.2, 0.25) is 23.8 Å². The third-order valence-corrected chi connectivity index (χ3v) is 15.5. The molecule has 1 aliphatic rings. The van der Waals surface area contributed by atoms with Gasteiger partial charge in [-0.2, -0.15) is 15.0 Å². The normalized spacial score (nSPS) is 13.5. The zero-order valence-electron chi connectivity index (χ0n) is 52.8. The molecular weight excluding hydrogens is 1230 g/mol. The molecule has 4 heterocycles. The summed E-state index contributed by atoms with van der Waals surface area (Å²) in [5.41, 5.74) is 17.4. The van der Waals surface area contributed by atoms with Crippen molar-refractivity contribution < 1.29 is 78.9 Å². The number of hydrazine groups is 1. The van der Waals surface area contributed by atoms with Gasteiger partial charge in [0.25, 0.3) is 0 Å². The lowest BCUT2D eigenvalue weighted by Crippen LogP contribution is -2.51. The average Bonchev–Trinajstić information content (AvgIpc) is 0.986. The standard InChI is InChI=1S/C59H91N19O16/c60-19-25-74(37-50(82)83)34-43(76(26-20-61)38-51(84)85)33-41-13-15-42(16-14-41)64-56-67-57(65-44(54(90)91)11-8-10-24-73(35-46-62-21-27-77(46)39-52(86)87)36-47-63-22-28-78(47)40-53(88)89)69-58(68-56)75-31-29-72(30-32-75)23-9-6-4-2-1-3-5-7-12-48(79)70-71-59(94)66-45(55(92)93)17-18-49(80)81/h13-16,21-22,27-28,43-45H,1-12,17-20,23-26,29-40,60-61H2,(H,70,79)(H,80,81)(H,82,83)(H,84,85)(H,86,87)(H,88,89)(H,90,91)(H,92,93)(H2,66,71,94)(H2,64,65,67,68,69)/t43?,44-,45-/m0/s1. The molecule has 1 aromatic carbocycles. The van der Waals surface area contributed by atoms with Crippen molar-refractivity contribution >= 4 is 77.3 Å². The second-order valence-corrected chi connectivity index (χ2v) is 22.9. The van der Waals surface area contributed by atoms with E-state index in [2.05, 4.69) is 46.7 Å². The monoisotopic (exact) mass is 1320 g/mol. The van der Waals surface area contributed by atoms with E-state index in [1.165, 1.54) is 21.5 Å². The molecule has 35 heteroatoms. The smallest absolute Gasteiger partial charge is 0.334 e. The van der Waals surface area contributed by atoms with Crippen molar-refractivity contribution in [3.05, 3.63) is 66.3 Å². The van der Waals surface area contributed by atoms with Crippen molar-refractivity contribution in [2.75, 3.05) is 101 Å². The first-order chi connectivity index (χ1) is 45.1. The molecule has 518 valence electrons. The van der Waals surface area contributed by atoms with Crippen LogP contribution in [0.2, 0.25) is 0 Å². The van der Waals surface area contributed by atoms with Gasteiger partial charge in [0.1, 0.15) is 36.8 Å². The molecule has 0 spiro atoms. The summed E-state index contributed by atoms with van der Waals surface area (Å²) in [6.45, 7) is 4.03. The van der Waals surface area contributed by atoms with E-state index in [0.29, 0.717) is 81.7 Å². The number of imidazole rings is 2. The van der Waals surface area contributed by atoms with Crippen molar-refractivity contribution in [1.29, 1.82) is 0 Å². The number of hydrogen-bond acceptors (Lipinski definition) is 23. The first-order valence-corrected chi connectivity index (χ1v) is 31.4. The van der Waals surface area contributed by atoms with Gasteiger partial charge in [0, 0.05) is 108 Å². The zero-order valence-corrected chi connectivity index (χ0v) is 52.8. The van der Waals surface area contributed by atoms with E-state index in [1.54, 1.807) is 34.3 Å². The minimum Gasteiger partial charge on any atom is -0.481 e. The molecule has 0 radical (unpaired) electrons. The summed E-state index contributed by atoms with van der Waals surface area (Å²) in [6.07, 6.45) is 14.2. The van der Waals surface area contributed by atoms with Gasteiger partial charge < -0.3 is 77.2 Å². The molecule has 94 heavy (non-hydrogen) atoms. The number of aliphatic carboxylic acids is 7. The van der Waals surface area contributed by atoms with Crippen LogP contribution in [-0.2, 0) is 71.0 Å². The lowest BCUT2D eigenvalue weighted by molar-refractivity contribution is -0.141. The van der Waals surface area contributed by atoms with E-state index in [0.717, 1.165) is 57.1 Å². The lowest BCUT2D eigenvalue weighted by atomic mass is 10.0. The highest BCUT2D eigenvalue weighted by Gasteiger charge is 2.28. The van der Waals surface area contributed by atoms with E-state index in [1.807, 2.05) is 21.9 Å². The van der Waals surface area contributed by atoms with Crippen LogP contribution in [0.15, 0.2) is 49.1 Å². The number of amides is 3. The highest BCUT2D eigenvalue weighted by Crippen LogP contribution is 2.23. The number of urea groups is 1. The van der Waals surface area contributed by atoms with Crippen molar-refractivity contribution in [2.45, 2.75) is 141 Å². The molecular formula is C59H91N19O16. The Kier molecular flexibility index (Phi) is 32.7. The number of carbonyl (C=O) groups is 9. The number of aromatic nitrogens is 7. The number of anilines is 4. The molecule has 3 atom stereocenters. The van der Waals surface area contributed by atoms with Crippen LogP contribution in [0.25, 0.3) is 0 Å². The van der Waals surface area contributed by atoms with Crippen LogP contribution in [0.3, 0.4) is 0 Å². The molecule has 1 aliphatic heterocycles. The van der Waals surface area contributed by atoms with E-state index >= 15 is 0 Å². The van der Waals surface area contributed by atoms with Crippen molar-refractivity contribution in [2.24, 2.45) is 11.5 Å². The number of nitrogens with two attached hydrogens (primary N) is 2. The molecule has 4 aromatic rings. The molecule has 3 aromatic heterocycles. The van der Waals surface area contributed by atoms with Crippen molar-refractivity contribution in [3.8, 4) is 0 Å². The molecule has 0 saturated carbocycles. The van der Waals surface area contributed by atoms with Gasteiger partial charge in [0.15, 0.2) is 0 Å².